The Morgan fingerprint density at radius 3 is 2.94 bits per heavy atom. The molecule has 0 amide bonds. The summed E-state index contributed by atoms with van der Waals surface area (Å²) >= 11 is 0. The lowest BCUT2D eigenvalue weighted by Gasteiger charge is -2.43. The average molecular weight is 226 g/mol. The van der Waals surface area contributed by atoms with Crippen molar-refractivity contribution in [3.05, 3.63) is 0 Å². The van der Waals surface area contributed by atoms with Gasteiger partial charge in [0.15, 0.2) is 0 Å². The minimum atomic E-state index is 0.519. The fourth-order valence-corrected chi connectivity index (χ4v) is 3.48. The van der Waals surface area contributed by atoms with Crippen molar-refractivity contribution in [1.29, 1.82) is 0 Å². The predicted molar refractivity (Wildman–Crippen MR) is 66.7 cm³/mol. The van der Waals surface area contributed by atoms with E-state index in [9.17, 15) is 0 Å². The third-order valence-electron chi connectivity index (χ3n) is 4.44. The lowest BCUT2D eigenvalue weighted by atomic mass is 10.0. The van der Waals surface area contributed by atoms with Crippen LogP contribution in [0.1, 0.15) is 39.5 Å². The minimum absolute atomic E-state index is 0.519. The summed E-state index contributed by atoms with van der Waals surface area (Å²) in [6.07, 6.45) is 5.66. The third-order valence-corrected chi connectivity index (χ3v) is 4.44. The van der Waals surface area contributed by atoms with Crippen molar-refractivity contribution in [1.82, 2.24) is 10.2 Å². The smallest absolute Gasteiger partial charge is 0.0731 e. The SMILES string of the molecule is CCC(NC)C(C)N1CCOC2CCCC21. The molecule has 16 heavy (non-hydrogen) atoms. The lowest BCUT2D eigenvalue weighted by molar-refractivity contribution is -0.0738. The van der Waals surface area contributed by atoms with Crippen molar-refractivity contribution in [2.75, 3.05) is 20.2 Å². The fraction of sp³-hybridized carbons (Fsp3) is 1.00. The van der Waals surface area contributed by atoms with Crippen LogP contribution in [0, 0.1) is 0 Å². The first-order chi connectivity index (χ1) is 7.77. The first-order valence-electron chi connectivity index (χ1n) is 6.82. The summed E-state index contributed by atoms with van der Waals surface area (Å²) in [5, 5.41) is 3.45. The van der Waals surface area contributed by atoms with Crippen LogP contribution in [0.15, 0.2) is 0 Å². The van der Waals surface area contributed by atoms with E-state index in [2.05, 4.69) is 31.1 Å². The minimum Gasteiger partial charge on any atom is -0.375 e. The number of rotatable bonds is 4. The third kappa shape index (κ3) is 2.27. The number of nitrogens with one attached hydrogen (secondary N) is 1. The summed E-state index contributed by atoms with van der Waals surface area (Å²) < 4.78 is 5.87. The van der Waals surface area contributed by atoms with Crippen LogP contribution in [0.3, 0.4) is 0 Å². The first kappa shape index (κ1) is 12.3. The second kappa shape index (κ2) is 5.48. The van der Waals surface area contributed by atoms with Gasteiger partial charge in [-0.3, -0.25) is 4.90 Å². The van der Waals surface area contributed by atoms with Crippen molar-refractivity contribution in [3.63, 3.8) is 0 Å². The van der Waals surface area contributed by atoms with E-state index in [-0.39, 0.29) is 0 Å². The number of fused-ring (bicyclic) bond motifs is 1. The zero-order valence-corrected chi connectivity index (χ0v) is 10.9. The highest BCUT2D eigenvalue weighted by Gasteiger charge is 2.39. The maximum absolute atomic E-state index is 5.87. The highest BCUT2D eigenvalue weighted by Crippen LogP contribution is 2.31. The van der Waals surface area contributed by atoms with Gasteiger partial charge in [-0.15, -0.1) is 0 Å². The normalized spacial score (nSPS) is 34.7. The molecule has 1 N–H and O–H groups in total. The highest BCUT2D eigenvalue weighted by atomic mass is 16.5. The van der Waals surface area contributed by atoms with E-state index in [0.29, 0.717) is 24.2 Å². The summed E-state index contributed by atoms with van der Waals surface area (Å²) in [6.45, 7) is 6.67. The van der Waals surface area contributed by atoms with Gasteiger partial charge in [0, 0.05) is 24.7 Å². The summed E-state index contributed by atoms with van der Waals surface area (Å²) in [6, 6.07) is 1.93. The average Bonchev–Trinajstić information content (AvgIpc) is 2.78. The second-order valence-electron chi connectivity index (χ2n) is 5.19. The molecule has 2 rings (SSSR count). The first-order valence-corrected chi connectivity index (χ1v) is 6.82. The van der Waals surface area contributed by atoms with E-state index in [1.54, 1.807) is 0 Å². The van der Waals surface area contributed by atoms with Gasteiger partial charge in [-0.25, -0.2) is 0 Å². The summed E-state index contributed by atoms with van der Waals surface area (Å²) in [4.78, 5) is 2.69. The van der Waals surface area contributed by atoms with Crippen LogP contribution in [0.5, 0.6) is 0 Å². The summed E-state index contributed by atoms with van der Waals surface area (Å²) in [7, 11) is 2.08. The quantitative estimate of drug-likeness (QED) is 0.788. The van der Waals surface area contributed by atoms with Gasteiger partial charge in [-0.1, -0.05) is 6.92 Å². The molecule has 0 spiro atoms. The van der Waals surface area contributed by atoms with E-state index in [4.69, 9.17) is 4.74 Å². The molecule has 1 saturated heterocycles. The van der Waals surface area contributed by atoms with Gasteiger partial charge in [0.2, 0.25) is 0 Å². The van der Waals surface area contributed by atoms with Crippen LogP contribution in [0.25, 0.3) is 0 Å². The Morgan fingerprint density at radius 1 is 1.44 bits per heavy atom. The Morgan fingerprint density at radius 2 is 2.25 bits per heavy atom. The number of hydrogen-bond donors (Lipinski definition) is 1. The molecule has 1 aliphatic heterocycles. The van der Waals surface area contributed by atoms with Crippen molar-refractivity contribution in [2.45, 2.75) is 63.8 Å². The van der Waals surface area contributed by atoms with Crippen LogP contribution in [-0.4, -0.2) is 49.3 Å². The molecule has 1 aliphatic carbocycles. The molecule has 1 heterocycles. The molecule has 0 aromatic carbocycles. The van der Waals surface area contributed by atoms with Gasteiger partial charge < -0.3 is 10.1 Å². The molecule has 0 bridgehead atoms. The molecule has 94 valence electrons. The number of ether oxygens (including phenoxy) is 1. The largest absolute Gasteiger partial charge is 0.375 e. The van der Waals surface area contributed by atoms with E-state index in [1.807, 2.05) is 0 Å². The fourth-order valence-electron chi connectivity index (χ4n) is 3.48. The number of nitrogens with zero attached hydrogens (tertiary/aromatic N) is 1. The molecule has 2 aliphatic rings. The maximum Gasteiger partial charge on any atom is 0.0731 e. The Bertz CT molecular complexity index is 218. The lowest BCUT2D eigenvalue weighted by Crippen LogP contribution is -2.57. The van der Waals surface area contributed by atoms with Crippen LogP contribution in [0.4, 0.5) is 0 Å². The van der Waals surface area contributed by atoms with Gasteiger partial charge >= 0.3 is 0 Å². The van der Waals surface area contributed by atoms with Gasteiger partial charge in [-0.2, -0.15) is 0 Å². The Labute approximate surface area is 99.5 Å². The van der Waals surface area contributed by atoms with Crippen LogP contribution in [-0.2, 0) is 4.74 Å². The Kier molecular flexibility index (Phi) is 4.22. The van der Waals surface area contributed by atoms with Gasteiger partial charge in [0.05, 0.1) is 12.7 Å². The van der Waals surface area contributed by atoms with Gasteiger partial charge in [0.25, 0.3) is 0 Å². The van der Waals surface area contributed by atoms with E-state index < -0.39 is 0 Å². The Balaban J connectivity index is 2.01. The zero-order valence-electron chi connectivity index (χ0n) is 10.9. The highest BCUT2D eigenvalue weighted by molar-refractivity contribution is 4.93. The molecule has 0 aromatic rings. The van der Waals surface area contributed by atoms with Crippen molar-refractivity contribution >= 4 is 0 Å². The van der Waals surface area contributed by atoms with E-state index >= 15 is 0 Å². The molecule has 4 atom stereocenters. The molecule has 0 aromatic heterocycles. The second-order valence-corrected chi connectivity index (χ2v) is 5.19. The predicted octanol–water partition coefficient (Wildman–Crippen LogP) is 1.63. The molecule has 3 heteroatoms. The molecule has 4 unspecified atom stereocenters. The van der Waals surface area contributed by atoms with Crippen LogP contribution < -0.4 is 5.32 Å². The number of likely N-dealkylation sites (N-methyl/N-ethyl adjacent to an activating group) is 1. The molecule has 1 saturated carbocycles. The molecule has 0 radical (unpaired) electrons. The molecule has 3 nitrogen and oxygen atoms in total. The topological polar surface area (TPSA) is 24.5 Å². The van der Waals surface area contributed by atoms with Crippen LogP contribution in [0.2, 0.25) is 0 Å². The van der Waals surface area contributed by atoms with Crippen molar-refractivity contribution in [3.8, 4) is 0 Å². The number of hydrogen-bond acceptors (Lipinski definition) is 3. The maximum atomic E-state index is 5.87. The zero-order chi connectivity index (χ0) is 11.5. The van der Waals surface area contributed by atoms with Crippen LogP contribution >= 0.6 is 0 Å². The van der Waals surface area contributed by atoms with Crippen molar-refractivity contribution in [2.24, 2.45) is 0 Å². The van der Waals surface area contributed by atoms with Gasteiger partial charge in [0.1, 0.15) is 0 Å². The van der Waals surface area contributed by atoms with E-state index in [1.165, 1.54) is 25.7 Å². The number of morpholine rings is 1. The van der Waals surface area contributed by atoms with E-state index in [0.717, 1.165) is 13.2 Å². The summed E-state index contributed by atoms with van der Waals surface area (Å²) in [5.41, 5.74) is 0. The van der Waals surface area contributed by atoms with Crippen molar-refractivity contribution < 1.29 is 4.74 Å². The molecular formula is C13H26N2O. The Hall–Kier alpha value is -0.120. The standard InChI is InChI=1S/C13H26N2O/c1-4-11(14-3)10(2)15-8-9-16-13-7-5-6-12(13)15/h10-14H,4-9H2,1-3H3. The molecular weight excluding hydrogens is 200 g/mol. The summed E-state index contributed by atoms with van der Waals surface area (Å²) in [5.74, 6) is 0. The molecule has 2 fully saturated rings. The monoisotopic (exact) mass is 226 g/mol. The van der Waals surface area contributed by atoms with Gasteiger partial charge in [-0.05, 0) is 39.7 Å².